The predicted octanol–water partition coefficient (Wildman–Crippen LogP) is 1.58. The van der Waals surface area contributed by atoms with Crippen LogP contribution in [0.3, 0.4) is 0 Å². The van der Waals surface area contributed by atoms with E-state index in [1.165, 1.54) is 0 Å². The molecule has 0 aromatic rings. The molecule has 2 amide bonds. The fourth-order valence-electron chi connectivity index (χ4n) is 1.64. The van der Waals surface area contributed by atoms with E-state index >= 15 is 0 Å². The van der Waals surface area contributed by atoms with Gasteiger partial charge >= 0.3 is 0 Å². The van der Waals surface area contributed by atoms with Gasteiger partial charge in [0.15, 0.2) is 0 Å². The second-order valence-corrected chi connectivity index (χ2v) is 6.82. The Balaban J connectivity index is 4.67. The highest BCUT2D eigenvalue weighted by atomic mass is 16.2. The molecular weight excluding hydrogens is 266 g/mol. The van der Waals surface area contributed by atoms with Gasteiger partial charge in [0.1, 0.15) is 6.04 Å². The summed E-state index contributed by atoms with van der Waals surface area (Å²) in [5.74, 6) is -0.625. The highest BCUT2D eigenvalue weighted by Gasteiger charge is 2.22. The molecule has 0 aromatic heterocycles. The van der Waals surface area contributed by atoms with Crippen molar-refractivity contribution in [1.82, 2.24) is 10.6 Å². The molecule has 0 saturated carbocycles. The number of nitrogens with two attached hydrogens (primary N) is 1. The zero-order valence-corrected chi connectivity index (χ0v) is 14.2. The number of hydrogen-bond donors (Lipinski definition) is 3. The van der Waals surface area contributed by atoms with Crippen LogP contribution in [0, 0.1) is 11.3 Å². The van der Waals surface area contributed by atoms with Gasteiger partial charge in [-0.25, -0.2) is 0 Å². The molecule has 0 fully saturated rings. The molecular formula is C16H31N3O2. The molecule has 0 aliphatic rings. The predicted molar refractivity (Wildman–Crippen MR) is 86.6 cm³/mol. The van der Waals surface area contributed by atoms with E-state index in [1.54, 1.807) is 0 Å². The molecule has 0 spiro atoms. The van der Waals surface area contributed by atoms with Crippen molar-refractivity contribution in [3.63, 3.8) is 0 Å². The molecule has 0 radical (unpaired) electrons. The van der Waals surface area contributed by atoms with Crippen LogP contribution in [0.2, 0.25) is 0 Å². The Bertz CT molecular complexity index is 370. The number of carbonyl (C=O) groups is 2. The number of carbonyl (C=O) groups excluding carboxylic acids is 2. The van der Waals surface area contributed by atoms with Gasteiger partial charge < -0.3 is 16.4 Å². The first-order valence-corrected chi connectivity index (χ1v) is 7.57. The second-order valence-electron chi connectivity index (χ2n) is 6.82. The lowest BCUT2D eigenvalue weighted by molar-refractivity contribution is -0.130. The highest BCUT2D eigenvalue weighted by molar-refractivity contribution is 5.89. The van der Waals surface area contributed by atoms with Crippen LogP contribution in [0.25, 0.3) is 0 Å². The van der Waals surface area contributed by atoms with Gasteiger partial charge in [-0.1, -0.05) is 39.8 Å². The van der Waals surface area contributed by atoms with E-state index in [4.69, 9.17) is 5.73 Å². The number of amides is 2. The number of allylic oxidation sites excluding steroid dienone is 1. The Morgan fingerprint density at radius 3 is 2.10 bits per heavy atom. The Labute approximate surface area is 128 Å². The van der Waals surface area contributed by atoms with Crippen molar-refractivity contribution < 1.29 is 9.59 Å². The van der Waals surface area contributed by atoms with E-state index in [9.17, 15) is 9.59 Å². The second kappa shape index (κ2) is 8.82. The zero-order valence-electron chi connectivity index (χ0n) is 14.2. The molecule has 0 aromatic carbocycles. The van der Waals surface area contributed by atoms with Gasteiger partial charge in [-0.05, 0) is 32.2 Å². The highest BCUT2D eigenvalue weighted by Crippen LogP contribution is 2.16. The van der Waals surface area contributed by atoms with Gasteiger partial charge in [-0.3, -0.25) is 9.59 Å². The van der Waals surface area contributed by atoms with Gasteiger partial charge in [0.05, 0.1) is 5.92 Å². The summed E-state index contributed by atoms with van der Waals surface area (Å²) in [7, 11) is 0. The summed E-state index contributed by atoms with van der Waals surface area (Å²) in [6.45, 7) is 12.1. The number of hydrogen-bond acceptors (Lipinski definition) is 3. The van der Waals surface area contributed by atoms with Gasteiger partial charge in [0.2, 0.25) is 11.8 Å². The molecule has 4 N–H and O–H groups in total. The van der Waals surface area contributed by atoms with Crippen molar-refractivity contribution in [2.45, 2.75) is 60.0 Å². The Kier molecular flexibility index (Phi) is 8.25. The third-order valence-electron chi connectivity index (χ3n) is 2.82. The molecule has 0 aliphatic heterocycles. The molecule has 0 bridgehead atoms. The minimum atomic E-state index is -0.574. The standard InChI is InChI=1S/C16H31N3O2/c1-11(2)18-15(21)13(8-10-17)19-14(20)12(3)7-9-16(4,5)6/h7,9,11-13H,8,10,17H2,1-6H3,(H,18,21)(H,19,20). The smallest absolute Gasteiger partial charge is 0.242 e. The van der Waals surface area contributed by atoms with E-state index in [2.05, 4.69) is 31.4 Å². The van der Waals surface area contributed by atoms with Crippen LogP contribution in [-0.2, 0) is 9.59 Å². The summed E-state index contributed by atoms with van der Waals surface area (Å²) < 4.78 is 0. The fourth-order valence-corrected chi connectivity index (χ4v) is 1.64. The average Bonchev–Trinajstić information content (AvgIpc) is 2.33. The van der Waals surface area contributed by atoms with E-state index in [0.29, 0.717) is 13.0 Å². The van der Waals surface area contributed by atoms with Crippen molar-refractivity contribution >= 4 is 11.8 Å². The number of nitrogens with one attached hydrogen (secondary N) is 2. The zero-order chi connectivity index (χ0) is 16.6. The van der Waals surface area contributed by atoms with E-state index in [0.717, 1.165) is 0 Å². The summed E-state index contributed by atoms with van der Waals surface area (Å²) in [5.41, 5.74) is 5.55. The van der Waals surface area contributed by atoms with Crippen molar-refractivity contribution in [1.29, 1.82) is 0 Å². The van der Waals surface area contributed by atoms with Crippen LogP contribution in [0.4, 0.5) is 0 Å². The SMILES string of the molecule is CC(C)NC(=O)C(CCN)NC(=O)C(C)C=CC(C)(C)C. The van der Waals surface area contributed by atoms with Crippen molar-refractivity contribution in [2.75, 3.05) is 6.54 Å². The van der Waals surface area contributed by atoms with E-state index in [-0.39, 0.29) is 29.2 Å². The van der Waals surface area contributed by atoms with Gasteiger partial charge in [-0.15, -0.1) is 0 Å². The topological polar surface area (TPSA) is 84.2 Å². The molecule has 2 atom stereocenters. The van der Waals surface area contributed by atoms with Gasteiger partial charge in [-0.2, -0.15) is 0 Å². The quantitative estimate of drug-likeness (QED) is 0.624. The summed E-state index contributed by atoms with van der Waals surface area (Å²) >= 11 is 0. The van der Waals surface area contributed by atoms with Crippen LogP contribution in [-0.4, -0.2) is 30.4 Å². The van der Waals surface area contributed by atoms with Crippen LogP contribution >= 0.6 is 0 Å². The van der Waals surface area contributed by atoms with Gasteiger partial charge in [0.25, 0.3) is 0 Å². The molecule has 0 aliphatic carbocycles. The molecule has 0 rings (SSSR count). The fraction of sp³-hybridized carbons (Fsp3) is 0.750. The first-order chi connectivity index (χ1) is 9.56. The first-order valence-electron chi connectivity index (χ1n) is 7.57. The third kappa shape index (κ3) is 9.24. The van der Waals surface area contributed by atoms with Crippen LogP contribution in [0.1, 0.15) is 48.0 Å². The Morgan fingerprint density at radius 2 is 1.67 bits per heavy atom. The third-order valence-corrected chi connectivity index (χ3v) is 2.82. The molecule has 5 heteroatoms. The van der Waals surface area contributed by atoms with Crippen LogP contribution in [0.5, 0.6) is 0 Å². The molecule has 2 unspecified atom stereocenters. The van der Waals surface area contributed by atoms with Crippen molar-refractivity contribution in [3.8, 4) is 0 Å². The molecule has 122 valence electrons. The monoisotopic (exact) mass is 297 g/mol. The molecule has 0 saturated heterocycles. The summed E-state index contributed by atoms with van der Waals surface area (Å²) in [6.07, 6.45) is 4.30. The lowest BCUT2D eigenvalue weighted by Crippen LogP contribution is -2.50. The lowest BCUT2D eigenvalue weighted by atomic mass is 9.94. The number of rotatable bonds is 7. The summed E-state index contributed by atoms with van der Waals surface area (Å²) in [4.78, 5) is 24.2. The normalized spacial score (nSPS) is 15.0. The maximum Gasteiger partial charge on any atom is 0.242 e. The molecule has 5 nitrogen and oxygen atoms in total. The van der Waals surface area contributed by atoms with Crippen molar-refractivity contribution in [3.05, 3.63) is 12.2 Å². The lowest BCUT2D eigenvalue weighted by Gasteiger charge is -2.21. The van der Waals surface area contributed by atoms with Gasteiger partial charge in [0, 0.05) is 6.04 Å². The minimum Gasteiger partial charge on any atom is -0.352 e. The largest absolute Gasteiger partial charge is 0.352 e. The maximum absolute atomic E-state index is 12.2. The minimum absolute atomic E-state index is 0.0280. The molecule has 21 heavy (non-hydrogen) atoms. The average molecular weight is 297 g/mol. The summed E-state index contributed by atoms with van der Waals surface area (Å²) in [5, 5.41) is 5.58. The maximum atomic E-state index is 12.2. The van der Waals surface area contributed by atoms with Crippen LogP contribution in [0.15, 0.2) is 12.2 Å². The summed E-state index contributed by atoms with van der Waals surface area (Å²) in [6, 6.07) is -0.539. The van der Waals surface area contributed by atoms with Crippen LogP contribution < -0.4 is 16.4 Å². The Morgan fingerprint density at radius 1 is 1.10 bits per heavy atom. The van der Waals surface area contributed by atoms with Crippen molar-refractivity contribution in [2.24, 2.45) is 17.1 Å². The van der Waals surface area contributed by atoms with E-state index in [1.807, 2.05) is 32.9 Å². The van der Waals surface area contributed by atoms with E-state index < -0.39 is 6.04 Å². The molecule has 0 heterocycles. The Hall–Kier alpha value is -1.36. The first kappa shape index (κ1) is 19.6.